The molecule has 1 aliphatic heterocycles. The first-order chi connectivity index (χ1) is 10.8. The van der Waals surface area contributed by atoms with Crippen LogP contribution in [0.3, 0.4) is 0 Å². The molecule has 3 atom stereocenters. The summed E-state index contributed by atoms with van der Waals surface area (Å²) in [6, 6.07) is 1.30. The predicted octanol–water partition coefficient (Wildman–Crippen LogP) is 1.02. The highest BCUT2D eigenvalue weighted by Gasteiger charge is 2.39. The summed E-state index contributed by atoms with van der Waals surface area (Å²) in [4.78, 5) is 2.94. The first-order valence-electron chi connectivity index (χ1n) is 7.31. The monoisotopic (exact) mass is 350 g/mol. The Bertz CT molecular complexity index is 663. The molecule has 1 aromatic rings. The minimum Gasteiger partial charge on any atom is -0.257 e. The molecular formula is C13H17F3N4O2S. The number of aromatic nitrogens is 1. The largest absolute Gasteiger partial charge is 0.433 e. The number of pyridine rings is 1. The van der Waals surface area contributed by atoms with Gasteiger partial charge in [0.25, 0.3) is 0 Å². The highest BCUT2D eigenvalue weighted by atomic mass is 32.2. The van der Waals surface area contributed by atoms with Crippen LogP contribution in [0.1, 0.15) is 25.0 Å². The smallest absolute Gasteiger partial charge is 0.257 e. The maximum atomic E-state index is 12.5. The second-order valence-corrected chi connectivity index (χ2v) is 7.56. The summed E-state index contributed by atoms with van der Waals surface area (Å²) in [5.41, 5.74) is 4.98. The zero-order valence-electron chi connectivity index (χ0n) is 12.1. The number of alkyl halides is 3. The maximum Gasteiger partial charge on any atom is 0.433 e. The van der Waals surface area contributed by atoms with Gasteiger partial charge in [-0.2, -0.15) is 13.2 Å². The summed E-state index contributed by atoms with van der Waals surface area (Å²) >= 11 is 0. The van der Waals surface area contributed by atoms with Crippen LogP contribution in [0.25, 0.3) is 0 Å². The fourth-order valence-corrected chi connectivity index (χ4v) is 4.39. The van der Waals surface area contributed by atoms with Crippen LogP contribution in [0.2, 0.25) is 0 Å². The van der Waals surface area contributed by atoms with Gasteiger partial charge < -0.3 is 0 Å². The summed E-state index contributed by atoms with van der Waals surface area (Å²) < 4.78 is 64.8. The molecule has 0 bridgehead atoms. The fraction of sp³-hybridized carbons (Fsp3) is 0.615. The van der Waals surface area contributed by atoms with Gasteiger partial charge in [0.15, 0.2) is 0 Å². The summed E-state index contributed by atoms with van der Waals surface area (Å²) in [5, 5.41) is 0. The van der Waals surface area contributed by atoms with Crippen molar-refractivity contribution >= 4 is 10.0 Å². The van der Waals surface area contributed by atoms with Gasteiger partial charge >= 0.3 is 6.18 Å². The van der Waals surface area contributed by atoms with E-state index in [1.54, 1.807) is 0 Å². The Kier molecular flexibility index (Phi) is 4.34. The molecule has 1 aliphatic carbocycles. The van der Waals surface area contributed by atoms with Crippen molar-refractivity contribution in [2.75, 3.05) is 6.54 Å². The number of hydrogen-bond acceptors (Lipinski definition) is 5. The third kappa shape index (κ3) is 3.49. The Labute approximate surface area is 131 Å². The number of hydrazine groups is 1. The van der Waals surface area contributed by atoms with Crippen molar-refractivity contribution in [2.24, 2.45) is 5.92 Å². The predicted molar refractivity (Wildman–Crippen MR) is 75.6 cm³/mol. The first-order valence-corrected chi connectivity index (χ1v) is 8.80. The molecule has 6 nitrogen and oxygen atoms in total. The van der Waals surface area contributed by atoms with Crippen LogP contribution in [-0.4, -0.2) is 32.0 Å². The zero-order chi connectivity index (χ0) is 16.7. The minimum atomic E-state index is -4.59. The van der Waals surface area contributed by atoms with Crippen LogP contribution in [-0.2, 0) is 16.2 Å². The third-order valence-electron chi connectivity index (χ3n) is 4.31. The van der Waals surface area contributed by atoms with Crippen molar-refractivity contribution in [3.63, 3.8) is 0 Å². The number of sulfonamides is 1. The van der Waals surface area contributed by atoms with Crippen molar-refractivity contribution in [3.8, 4) is 0 Å². The van der Waals surface area contributed by atoms with Crippen molar-refractivity contribution in [1.82, 2.24) is 20.6 Å². The van der Waals surface area contributed by atoms with E-state index in [-0.39, 0.29) is 17.0 Å². The molecule has 0 amide bonds. The number of halogens is 3. The average molecular weight is 350 g/mol. The molecule has 1 aromatic heterocycles. The van der Waals surface area contributed by atoms with Gasteiger partial charge in [-0.3, -0.25) is 15.8 Å². The average Bonchev–Trinajstić information content (AvgIpc) is 2.96. The molecule has 10 heteroatoms. The number of rotatable bonds is 3. The van der Waals surface area contributed by atoms with Crippen LogP contribution in [0, 0.1) is 5.92 Å². The molecule has 0 radical (unpaired) electrons. The fourth-order valence-electron chi connectivity index (χ4n) is 3.15. The van der Waals surface area contributed by atoms with Crippen molar-refractivity contribution < 1.29 is 21.6 Å². The highest BCUT2D eigenvalue weighted by molar-refractivity contribution is 7.89. The van der Waals surface area contributed by atoms with E-state index in [0.29, 0.717) is 18.4 Å². The van der Waals surface area contributed by atoms with Gasteiger partial charge in [-0.05, 0) is 30.9 Å². The van der Waals surface area contributed by atoms with Crippen LogP contribution >= 0.6 is 0 Å². The van der Waals surface area contributed by atoms with Crippen molar-refractivity contribution in [1.29, 1.82) is 0 Å². The molecule has 3 N–H and O–H groups in total. The molecule has 2 heterocycles. The van der Waals surface area contributed by atoms with Gasteiger partial charge in [-0.25, -0.2) is 13.1 Å². The molecule has 0 spiro atoms. The maximum absolute atomic E-state index is 12.5. The lowest BCUT2D eigenvalue weighted by Crippen LogP contribution is -2.52. The number of fused-ring (bicyclic) bond motifs is 1. The Hall–Kier alpha value is -1.23. The molecule has 2 fully saturated rings. The third-order valence-corrected chi connectivity index (χ3v) is 5.78. The van der Waals surface area contributed by atoms with Crippen LogP contribution in [0.5, 0.6) is 0 Å². The number of nitrogens with one attached hydrogen (secondary N) is 3. The van der Waals surface area contributed by atoms with Gasteiger partial charge in [0.1, 0.15) is 10.6 Å². The second-order valence-electron chi connectivity index (χ2n) is 5.85. The summed E-state index contributed by atoms with van der Waals surface area (Å²) in [7, 11) is -3.91. The SMILES string of the molecule is O=S(=O)(NC1CCCC2CNNC21)c1ccc(C(F)(F)F)nc1. The van der Waals surface area contributed by atoms with E-state index in [4.69, 9.17) is 0 Å². The quantitative estimate of drug-likeness (QED) is 0.758. The van der Waals surface area contributed by atoms with Gasteiger partial charge in [0, 0.05) is 24.8 Å². The lowest BCUT2D eigenvalue weighted by atomic mass is 9.83. The Balaban J connectivity index is 1.76. The Morgan fingerprint density at radius 2 is 2.04 bits per heavy atom. The zero-order valence-corrected chi connectivity index (χ0v) is 12.9. The first kappa shape index (κ1) is 16.6. The molecule has 0 aromatic carbocycles. The highest BCUT2D eigenvalue weighted by Crippen LogP contribution is 2.29. The minimum absolute atomic E-state index is 0.0130. The van der Waals surface area contributed by atoms with Gasteiger partial charge in [-0.1, -0.05) is 6.42 Å². The molecule has 1 saturated carbocycles. The van der Waals surface area contributed by atoms with Crippen LogP contribution < -0.4 is 15.6 Å². The summed E-state index contributed by atoms with van der Waals surface area (Å²) in [5.74, 6) is 0.349. The van der Waals surface area contributed by atoms with Gasteiger partial charge in [0.05, 0.1) is 0 Å². The van der Waals surface area contributed by atoms with E-state index in [0.717, 1.165) is 31.6 Å². The molecule has 23 heavy (non-hydrogen) atoms. The normalized spacial score (nSPS) is 28.6. The second kappa shape index (κ2) is 6.00. The van der Waals surface area contributed by atoms with Crippen LogP contribution in [0.4, 0.5) is 13.2 Å². The number of hydrogen-bond donors (Lipinski definition) is 3. The van der Waals surface area contributed by atoms with Crippen molar-refractivity contribution in [2.45, 2.75) is 42.4 Å². The molecule has 3 unspecified atom stereocenters. The van der Waals surface area contributed by atoms with Crippen molar-refractivity contribution in [3.05, 3.63) is 24.0 Å². The molecule has 3 rings (SSSR count). The lowest BCUT2D eigenvalue weighted by Gasteiger charge is -2.33. The van der Waals surface area contributed by atoms with E-state index in [1.165, 1.54) is 0 Å². The summed E-state index contributed by atoms with van der Waals surface area (Å²) in [6.07, 6.45) is -1.24. The molecule has 1 saturated heterocycles. The summed E-state index contributed by atoms with van der Waals surface area (Å²) in [6.45, 7) is 0.782. The Morgan fingerprint density at radius 1 is 1.26 bits per heavy atom. The Morgan fingerprint density at radius 3 is 2.70 bits per heavy atom. The lowest BCUT2D eigenvalue weighted by molar-refractivity contribution is -0.141. The van der Waals surface area contributed by atoms with Gasteiger partial charge in [-0.15, -0.1) is 0 Å². The van der Waals surface area contributed by atoms with E-state index < -0.39 is 21.9 Å². The van der Waals surface area contributed by atoms with Gasteiger partial charge in [0.2, 0.25) is 10.0 Å². The molecule has 128 valence electrons. The van der Waals surface area contributed by atoms with E-state index in [1.807, 2.05) is 0 Å². The van der Waals surface area contributed by atoms with Crippen LogP contribution in [0.15, 0.2) is 23.2 Å². The van der Waals surface area contributed by atoms with E-state index >= 15 is 0 Å². The molecule has 2 aliphatic rings. The van der Waals surface area contributed by atoms with E-state index in [2.05, 4.69) is 20.6 Å². The molecular weight excluding hydrogens is 333 g/mol. The topological polar surface area (TPSA) is 83.1 Å². The number of nitrogens with zero attached hydrogens (tertiary/aromatic N) is 1. The van der Waals surface area contributed by atoms with E-state index in [9.17, 15) is 21.6 Å². The standard InChI is InChI=1S/C13H17F3N4O2S/c14-13(15,16)11-5-4-9(7-17-11)23(21,22)20-10-3-1-2-8-6-18-19-12(8)10/h4-5,7-8,10,12,18-20H,1-3,6H2.